The second kappa shape index (κ2) is 4.48. The molecule has 2 aromatic heterocycles. The van der Waals surface area contributed by atoms with Crippen molar-refractivity contribution in [2.75, 3.05) is 5.73 Å². The number of para-hydroxylation sites is 1. The minimum Gasteiger partial charge on any atom is -0.397 e. The number of aryl methyl sites for hydroxylation is 1. The highest BCUT2D eigenvalue weighted by Gasteiger charge is 2.27. The molecular formula is C16H16N4O. The predicted octanol–water partition coefficient (Wildman–Crippen LogP) is 2.32. The summed E-state index contributed by atoms with van der Waals surface area (Å²) in [4.78, 5) is 17.2. The number of rotatable bonds is 1. The van der Waals surface area contributed by atoms with Gasteiger partial charge in [0.1, 0.15) is 5.82 Å². The molecule has 0 spiro atoms. The van der Waals surface area contributed by atoms with E-state index in [0.29, 0.717) is 12.1 Å². The molecule has 3 heterocycles. The molecule has 5 nitrogen and oxygen atoms in total. The van der Waals surface area contributed by atoms with Gasteiger partial charge in [-0.1, -0.05) is 12.1 Å². The molecule has 1 atom stereocenters. The Morgan fingerprint density at radius 2 is 2.19 bits per heavy atom. The maximum atomic E-state index is 12.8. The zero-order chi connectivity index (χ0) is 14.4. The van der Waals surface area contributed by atoms with Crippen molar-refractivity contribution in [3.8, 4) is 0 Å². The minimum absolute atomic E-state index is 0.0323. The molecule has 21 heavy (non-hydrogen) atoms. The molecule has 5 heteroatoms. The summed E-state index contributed by atoms with van der Waals surface area (Å²) in [6.07, 6.45) is 7.13. The highest BCUT2D eigenvalue weighted by atomic mass is 16.2. The summed E-state index contributed by atoms with van der Waals surface area (Å²) in [6.45, 7) is 0.848. The monoisotopic (exact) mass is 280 g/mol. The van der Waals surface area contributed by atoms with Crippen LogP contribution in [0.5, 0.6) is 0 Å². The van der Waals surface area contributed by atoms with Gasteiger partial charge in [0.15, 0.2) is 0 Å². The number of nitrogens with two attached hydrogens (primary N) is 1. The number of imidazole rings is 1. The van der Waals surface area contributed by atoms with Gasteiger partial charge >= 0.3 is 0 Å². The lowest BCUT2D eigenvalue weighted by atomic mass is 9.96. The third-order valence-electron chi connectivity index (χ3n) is 4.28. The van der Waals surface area contributed by atoms with Crippen LogP contribution in [0.3, 0.4) is 0 Å². The van der Waals surface area contributed by atoms with Crippen molar-refractivity contribution in [1.29, 1.82) is 0 Å². The summed E-state index contributed by atoms with van der Waals surface area (Å²) in [6, 6.07) is 7.65. The van der Waals surface area contributed by atoms with Gasteiger partial charge in [0.05, 0.1) is 11.2 Å². The molecule has 3 aromatic rings. The van der Waals surface area contributed by atoms with Crippen LogP contribution in [0.1, 0.15) is 17.0 Å². The van der Waals surface area contributed by atoms with E-state index in [9.17, 15) is 4.79 Å². The first-order valence-corrected chi connectivity index (χ1v) is 7.14. The van der Waals surface area contributed by atoms with Crippen LogP contribution in [0.25, 0.3) is 10.9 Å². The number of carbonyl (C=O) groups excluding carboxylic acids is 1. The van der Waals surface area contributed by atoms with E-state index in [1.807, 2.05) is 36.7 Å². The van der Waals surface area contributed by atoms with Gasteiger partial charge in [0.25, 0.3) is 0 Å². The van der Waals surface area contributed by atoms with Crippen molar-refractivity contribution in [3.05, 3.63) is 48.7 Å². The number of aromatic nitrogens is 3. The molecule has 1 unspecified atom stereocenters. The lowest BCUT2D eigenvalue weighted by Gasteiger charge is -2.22. The van der Waals surface area contributed by atoms with Crippen LogP contribution in [0.4, 0.5) is 5.69 Å². The number of fused-ring (bicyclic) bond motifs is 2. The van der Waals surface area contributed by atoms with Gasteiger partial charge in [-0.15, -0.1) is 0 Å². The topological polar surface area (TPSA) is 65.8 Å². The molecule has 4 rings (SSSR count). The molecule has 0 amide bonds. The zero-order valence-electron chi connectivity index (χ0n) is 11.6. The Labute approximate surface area is 122 Å². The number of hydrogen-bond donors (Lipinski definition) is 1. The van der Waals surface area contributed by atoms with Crippen LogP contribution in [-0.4, -0.2) is 20.0 Å². The van der Waals surface area contributed by atoms with E-state index < -0.39 is 0 Å². The van der Waals surface area contributed by atoms with Gasteiger partial charge in [-0.3, -0.25) is 9.36 Å². The molecule has 2 N–H and O–H groups in total. The number of anilines is 1. The Morgan fingerprint density at radius 1 is 1.29 bits per heavy atom. The average molecular weight is 280 g/mol. The standard InChI is InChI=1S/C16H16N4O/c17-13-3-1-2-11-5-8-20(15(11)13)16(21)12-4-7-19-9-6-18-14(19)10-12/h1-3,5-6,8-9,12H,4,7,10,17H2. The van der Waals surface area contributed by atoms with Crippen molar-refractivity contribution in [2.24, 2.45) is 5.92 Å². The van der Waals surface area contributed by atoms with E-state index in [4.69, 9.17) is 5.73 Å². The van der Waals surface area contributed by atoms with Crippen molar-refractivity contribution in [2.45, 2.75) is 19.4 Å². The molecular weight excluding hydrogens is 264 g/mol. The molecule has 1 aliphatic rings. The summed E-state index contributed by atoms with van der Waals surface area (Å²) < 4.78 is 3.82. The summed E-state index contributed by atoms with van der Waals surface area (Å²) in [5, 5.41) is 1.00. The quantitative estimate of drug-likeness (QED) is 0.696. The molecule has 0 radical (unpaired) electrons. The predicted molar refractivity (Wildman–Crippen MR) is 81.0 cm³/mol. The Hall–Kier alpha value is -2.56. The van der Waals surface area contributed by atoms with E-state index in [1.165, 1.54) is 0 Å². The largest absolute Gasteiger partial charge is 0.397 e. The van der Waals surface area contributed by atoms with Crippen LogP contribution >= 0.6 is 0 Å². The van der Waals surface area contributed by atoms with Crippen LogP contribution in [-0.2, 0) is 13.0 Å². The molecule has 0 fully saturated rings. The third-order valence-corrected chi connectivity index (χ3v) is 4.28. The summed E-state index contributed by atoms with van der Waals surface area (Å²) >= 11 is 0. The number of carbonyl (C=O) groups is 1. The lowest BCUT2D eigenvalue weighted by molar-refractivity contribution is 0.0816. The number of nitrogen functional groups attached to an aromatic ring is 1. The fourth-order valence-corrected chi connectivity index (χ4v) is 3.16. The number of benzene rings is 1. The Bertz CT molecular complexity index is 830. The molecule has 1 aromatic carbocycles. The van der Waals surface area contributed by atoms with Gasteiger partial charge < -0.3 is 10.3 Å². The van der Waals surface area contributed by atoms with E-state index >= 15 is 0 Å². The highest BCUT2D eigenvalue weighted by molar-refractivity contribution is 5.99. The summed E-state index contributed by atoms with van der Waals surface area (Å²) in [5.74, 6) is 1.07. The van der Waals surface area contributed by atoms with Crippen molar-refractivity contribution < 1.29 is 4.79 Å². The van der Waals surface area contributed by atoms with Gasteiger partial charge in [-0.2, -0.15) is 0 Å². The molecule has 1 aliphatic heterocycles. The molecule has 0 saturated heterocycles. The minimum atomic E-state index is -0.0323. The lowest BCUT2D eigenvalue weighted by Crippen LogP contribution is -2.29. The van der Waals surface area contributed by atoms with Crippen LogP contribution in [0.15, 0.2) is 42.9 Å². The maximum Gasteiger partial charge on any atom is 0.234 e. The van der Waals surface area contributed by atoms with Gasteiger partial charge in [0.2, 0.25) is 5.91 Å². The highest BCUT2D eigenvalue weighted by Crippen LogP contribution is 2.26. The first-order chi connectivity index (χ1) is 10.2. The summed E-state index contributed by atoms with van der Waals surface area (Å²) in [7, 11) is 0. The van der Waals surface area contributed by atoms with Crippen LogP contribution in [0, 0.1) is 5.92 Å². The van der Waals surface area contributed by atoms with Crippen LogP contribution < -0.4 is 5.73 Å². The van der Waals surface area contributed by atoms with E-state index in [0.717, 1.165) is 29.7 Å². The van der Waals surface area contributed by atoms with Gasteiger partial charge in [-0.05, 0) is 18.6 Å². The van der Waals surface area contributed by atoms with Crippen molar-refractivity contribution >= 4 is 22.5 Å². The Kier molecular flexibility index (Phi) is 2.60. The Balaban J connectivity index is 1.71. The van der Waals surface area contributed by atoms with Crippen molar-refractivity contribution in [3.63, 3.8) is 0 Å². The third kappa shape index (κ3) is 1.85. The normalized spacial score (nSPS) is 17.8. The first-order valence-electron chi connectivity index (χ1n) is 7.14. The second-order valence-electron chi connectivity index (χ2n) is 5.54. The van der Waals surface area contributed by atoms with Crippen molar-refractivity contribution in [1.82, 2.24) is 14.1 Å². The van der Waals surface area contributed by atoms with Crippen LogP contribution in [0.2, 0.25) is 0 Å². The summed E-state index contributed by atoms with van der Waals surface area (Å²) in [5.41, 5.74) is 7.50. The van der Waals surface area contributed by atoms with E-state index in [-0.39, 0.29) is 11.8 Å². The first kappa shape index (κ1) is 12.2. The average Bonchev–Trinajstić information content (AvgIpc) is 3.13. The van der Waals surface area contributed by atoms with Gasteiger partial charge in [0, 0.05) is 42.9 Å². The fourth-order valence-electron chi connectivity index (χ4n) is 3.16. The number of nitrogens with zero attached hydrogens (tertiary/aromatic N) is 3. The van der Waals surface area contributed by atoms with Gasteiger partial charge in [-0.25, -0.2) is 4.98 Å². The SMILES string of the molecule is Nc1cccc2ccn(C(=O)C3CCn4ccnc4C3)c12. The maximum absolute atomic E-state index is 12.8. The zero-order valence-corrected chi connectivity index (χ0v) is 11.6. The van der Waals surface area contributed by atoms with E-state index in [1.54, 1.807) is 10.8 Å². The molecule has 0 aliphatic carbocycles. The Morgan fingerprint density at radius 3 is 3.10 bits per heavy atom. The smallest absolute Gasteiger partial charge is 0.234 e. The molecule has 0 bridgehead atoms. The van der Waals surface area contributed by atoms with E-state index in [2.05, 4.69) is 9.55 Å². The molecule has 106 valence electrons. The number of hydrogen-bond acceptors (Lipinski definition) is 3. The second-order valence-corrected chi connectivity index (χ2v) is 5.54. The molecule has 0 saturated carbocycles. The fraction of sp³-hybridized carbons (Fsp3) is 0.250.